The molecule has 1 aromatic carbocycles. The molecule has 4 rings (SSSR count). The summed E-state index contributed by atoms with van der Waals surface area (Å²) in [6.45, 7) is 5.60. The Bertz CT molecular complexity index is 794. The minimum absolute atomic E-state index is 0.227. The molecule has 0 unspecified atom stereocenters. The summed E-state index contributed by atoms with van der Waals surface area (Å²) >= 11 is 1.72. The van der Waals surface area contributed by atoms with Gasteiger partial charge in [-0.3, -0.25) is 9.69 Å². The highest BCUT2D eigenvalue weighted by Crippen LogP contribution is 2.43. The van der Waals surface area contributed by atoms with Crippen LogP contribution in [0.5, 0.6) is 5.75 Å². The van der Waals surface area contributed by atoms with E-state index in [4.69, 9.17) is 4.74 Å². The number of nitrogens with zero attached hydrogens (tertiary/aromatic N) is 2. The first kappa shape index (κ1) is 20.2. The van der Waals surface area contributed by atoms with Crippen molar-refractivity contribution in [3.63, 3.8) is 0 Å². The molecule has 0 atom stereocenters. The number of anilines is 1. The van der Waals surface area contributed by atoms with Gasteiger partial charge in [0.05, 0.1) is 18.2 Å². The first-order chi connectivity index (χ1) is 14.2. The maximum Gasteiger partial charge on any atom is 0.231 e. The summed E-state index contributed by atoms with van der Waals surface area (Å²) in [4.78, 5) is 19.1. The normalized spacial score (nSPS) is 19.3. The molecular formula is C23H31N3O2S. The largest absolute Gasteiger partial charge is 0.495 e. The highest BCUT2D eigenvalue weighted by molar-refractivity contribution is 7.10. The first-order valence-corrected chi connectivity index (χ1v) is 11.5. The fraction of sp³-hybridized carbons (Fsp3) is 0.522. The molecule has 1 aromatic heterocycles. The molecule has 29 heavy (non-hydrogen) atoms. The highest BCUT2D eigenvalue weighted by Gasteiger charge is 2.43. The molecule has 6 heteroatoms. The van der Waals surface area contributed by atoms with E-state index in [0.717, 1.165) is 70.7 Å². The number of nitrogens with one attached hydrogen (secondary N) is 1. The van der Waals surface area contributed by atoms with E-state index in [1.54, 1.807) is 18.4 Å². The summed E-state index contributed by atoms with van der Waals surface area (Å²) in [6, 6.07) is 12.4. The van der Waals surface area contributed by atoms with E-state index >= 15 is 0 Å². The molecule has 1 saturated heterocycles. The summed E-state index contributed by atoms with van der Waals surface area (Å²) in [7, 11) is 1.73. The number of carbonyl (C=O) groups is 1. The molecule has 2 aromatic rings. The zero-order valence-electron chi connectivity index (χ0n) is 17.2. The Morgan fingerprint density at radius 2 is 1.86 bits per heavy atom. The van der Waals surface area contributed by atoms with Crippen molar-refractivity contribution in [1.29, 1.82) is 0 Å². The molecule has 0 radical (unpaired) electrons. The van der Waals surface area contributed by atoms with Crippen LogP contribution in [-0.2, 0) is 10.2 Å². The third-order valence-corrected chi connectivity index (χ3v) is 7.47. The van der Waals surface area contributed by atoms with Crippen LogP contribution >= 0.6 is 11.3 Å². The summed E-state index contributed by atoms with van der Waals surface area (Å²) in [5, 5.41) is 5.34. The van der Waals surface area contributed by atoms with E-state index in [0.29, 0.717) is 0 Å². The van der Waals surface area contributed by atoms with E-state index in [2.05, 4.69) is 44.8 Å². The molecular weight excluding hydrogens is 382 g/mol. The molecule has 1 N–H and O–H groups in total. The molecule has 1 saturated carbocycles. The van der Waals surface area contributed by atoms with Crippen molar-refractivity contribution >= 4 is 22.9 Å². The van der Waals surface area contributed by atoms with Crippen LogP contribution in [0, 0.1) is 0 Å². The minimum atomic E-state index is -0.281. The predicted octanol–water partition coefficient (Wildman–Crippen LogP) is 3.51. The lowest BCUT2D eigenvalue weighted by molar-refractivity contribution is -0.126. The lowest BCUT2D eigenvalue weighted by Gasteiger charge is -2.36. The average Bonchev–Trinajstić information content (AvgIpc) is 3.47. The molecule has 2 fully saturated rings. The van der Waals surface area contributed by atoms with Gasteiger partial charge in [0.2, 0.25) is 5.91 Å². The number of amides is 1. The van der Waals surface area contributed by atoms with Gasteiger partial charge in [0.1, 0.15) is 5.75 Å². The van der Waals surface area contributed by atoms with Crippen molar-refractivity contribution in [2.75, 3.05) is 51.3 Å². The molecule has 5 nitrogen and oxygen atoms in total. The molecule has 1 amide bonds. The van der Waals surface area contributed by atoms with Crippen LogP contribution in [0.4, 0.5) is 5.69 Å². The van der Waals surface area contributed by atoms with Crippen molar-refractivity contribution in [3.8, 4) is 5.75 Å². The minimum Gasteiger partial charge on any atom is -0.495 e. The molecule has 1 aliphatic carbocycles. The summed E-state index contributed by atoms with van der Waals surface area (Å²) < 4.78 is 5.50. The smallest absolute Gasteiger partial charge is 0.231 e. The van der Waals surface area contributed by atoms with E-state index < -0.39 is 0 Å². The Hall–Kier alpha value is -2.05. The Kier molecular flexibility index (Phi) is 6.40. The second-order valence-corrected chi connectivity index (χ2v) is 8.97. The highest BCUT2D eigenvalue weighted by atomic mass is 32.1. The maximum absolute atomic E-state index is 13.1. The Morgan fingerprint density at radius 3 is 2.55 bits per heavy atom. The third-order valence-electron chi connectivity index (χ3n) is 6.40. The second kappa shape index (κ2) is 9.18. The molecule has 156 valence electrons. The van der Waals surface area contributed by atoms with Crippen molar-refractivity contribution < 1.29 is 9.53 Å². The SMILES string of the molecule is COc1ccccc1N1CCN(CCNC(=O)C2(c3cccs3)CCCC2)CC1. The van der Waals surface area contributed by atoms with E-state index in [1.165, 1.54) is 10.6 Å². The molecule has 0 bridgehead atoms. The van der Waals surface area contributed by atoms with Crippen molar-refractivity contribution in [2.24, 2.45) is 0 Å². The van der Waals surface area contributed by atoms with Crippen molar-refractivity contribution in [3.05, 3.63) is 46.7 Å². The van der Waals surface area contributed by atoms with Gasteiger partial charge in [-0.2, -0.15) is 0 Å². The number of hydrogen-bond acceptors (Lipinski definition) is 5. The van der Waals surface area contributed by atoms with E-state index in [9.17, 15) is 4.79 Å². The van der Waals surface area contributed by atoms with Gasteiger partial charge in [0.15, 0.2) is 0 Å². The Morgan fingerprint density at radius 1 is 1.10 bits per heavy atom. The van der Waals surface area contributed by atoms with Crippen LogP contribution in [0.15, 0.2) is 41.8 Å². The number of hydrogen-bond donors (Lipinski definition) is 1. The maximum atomic E-state index is 13.1. The quantitative estimate of drug-likeness (QED) is 0.755. The van der Waals surface area contributed by atoms with Gasteiger partial charge in [0.25, 0.3) is 0 Å². The predicted molar refractivity (Wildman–Crippen MR) is 119 cm³/mol. The van der Waals surface area contributed by atoms with Gasteiger partial charge in [-0.25, -0.2) is 0 Å². The molecule has 2 heterocycles. The number of ether oxygens (including phenoxy) is 1. The number of thiophene rings is 1. The van der Waals surface area contributed by atoms with Crippen LogP contribution in [0.1, 0.15) is 30.6 Å². The zero-order chi connectivity index (χ0) is 20.1. The lowest BCUT2D eigenvalue weighted by atomic mass is 9.83. The van der Waals surface area contributed by atoms with Crippen LogP contribution in [-0.4, -0.2) is 57.2 Å². The van der Waals surface area contributed by atoms with Gasteiger partial charge in [-0.15, -0.1) is 11.3 Å². The van der Waals surface area contributed by atoms with E-state index in [-0.39, 0.29) is 11.3 Å². The van der Waals surface area contributed by atoms with Crippen LogP contribution in [0.3, 0.4) is 0 Å². The fourth-order valence-corrected chi connectivity index (χ4v) is 5.70. The summed E-state index contributed by atoms with van der Waals surface area (Å²) in [5.74, 6) is 1.16. The summed E-state index contributed by atoms with van der Waals surface area (Å²) in [5.41, 5.74) is 0.888. The average molecular weight is 414 g/mol. The van der Waals surface area contributed by atoms with Crippen molar-refractivity contribution in [2.45, 2.75) is 31.1 Å². The van der Waals surface area contributed by atoms with Gasteiger partial charge in [-0.1, -0.05) is 31.0 Å². The third kappa shape index (κ3) is 4.28. The number of benzene rings is 1. The standard InChI is InChI=1S/C23H31N3O2S/c1-28-20-8-3-2-7-19(20)26-16-14-25(15-17-26)13-12-24-22(27)23(10-4-5-11-23)21-9-6-18-29-21/h2-3,6-9,18H,4-5,10-17H2,1H3,(H,24,27). The lowest BCUT2D eigenvalue weighted by Crippen LogP contribution is -2.50. The Balaban J connectivity index is 1.26. The molecule has 0 spiro atoms. The number of para-hydroxylation sites is 2. The van der Waals surface area contributed by atoms with Crippen LogP contribution < -0.4 is 15.0 Å². The monoisotopic (exact) mass is 413 g/mol. The Labute approximate surface area is 177 Å². The first-order valence-electron chi connectivity index (χ1n) is 10.7. The molecule has 1 aliphatic heterocycles. The number of piperazine rings is 1. The molecule has 2 aliphatic rings. The zero-order valence-corrected chi connectivity index (χ0v) is 18.0. The van der Waals surface area contributed by atoms with Crippen LogP contribution in [0.25, 0.3) is 0 Å². The van der Waals surface area contributed by atoms with Crippen molar-refractivity contribution in [1.82, 2.24) is 10.2 Å². The fourth-order valence-electron chi connectivity index (χ4n) is 4.71. The van der Waals surface area contributed by atoms with E-state index in [1.807, 2.05) is 12.1 Å². The van der Waals surface area contributed by atoms with Gasteiger partial charge in [0, 0.05) is 44.1 Å². The van der Waals surface area contributed by atoms with Crippen LogP contribution in [0.2, 0.25) is 0 Å². The number of methoxy groups -OCH3 is 1. The second-order valence-electron chi connectivity index (χ2n) is 8.02. The topological polar surface area (TPSA) is 44.8 Å². The number of rotatable bonds is 7. The van der Waals surface area contributed by atoms with Gasteiger partial charge < -0.3 is 15.0 Å². The van der Waals surface area contributed by atoms with Gasteiger partial charge >= 0.3 is 0 Å². The number of carbonyl (C=O) groups excluding carboxylic acids is 1. The van der Waals surface area contributed by atoms with Gasteiger partial charge in [-0.05, 0) is 36.4 Å². The summed E-state index contributed by atoms with van der Waals surface area (Å²) in [6.07, 6.45) is 4.26.